The summed E-state index contributed by atoms with van der Waals surface area (Å²) in [5, 5.41) is 3.81. The fourth-order valence-corrected chi connectivity index (χ4v) is 3.62. The molecule has 1 aromatic heterocycles. The van der Waals surface area contributed by atoms with Crippen molar-refractivity contribution in [3.05, 3.63) is 23.9 Å². The Morgan fingerprint density at radius 1 is 1.30 bits per heavy atom. The molecule has 3 rings (SSSR count). The van der Waals surface area contributed by atoms with E-state index in [0.717, 1.165) is 13.1 Å². The molecule has 20 heavy (non-hydrogen) atoms. The van der Waals surface area contributed by atoms with Gasteiger partial charge in [0.25, 0.3) is 0 Å². The van der Waals surface area contributed by atoms with Gasteiger partial charge in [0.2, 0.25) is 5.88 Å². The van der Waals surface area contributed by atoms with Crippen molar-refractivity contribution in [3.8, 4) is 5.88 Å². The highest BCUT2D eigenvalue weighted by atomic mass is 16.5. The lowest BCUT2D eigenvalue weighted by Gasteiger charge is -2.33. The van der Waals surface area contributed by atoms with E-state index in [1.165, 1.54) is 50.8 Å². The molecule has 0 bridgehead atoms. The lowest BCUT2D eigenvalue weighted by atomic mass is 9.97. The first kappa shape index (κ1) is 13.8. The molecule has 1 aliphatic carbocycles. The molecule has 110 valence electrons. The Bertz CT molecular complexity index is 426. The predicted octanol–water partition coefficient (Wildman–Crippen LogP) is 2.20. The van der Waals surface area contributed by atoms with Crippen LogP contribution in [-0.4, -0.2) is 42.2 Å². The zero-order chi connectivity index (χ0) is 13.8. The van der Waals surface area contributed by atoms with E-state index in [-0.39, 0.29) is 0 Å². The highest BCUT2D eigenvalue weighted by Crippen LogP contribution is 2.32. The van der Waals surface area contributed by atoms with E-state index in [2.05, 4.69) is 21.3 Å². The standard InChI is InChI=1S/C16H25N3O/c1-20-15-6-5-14(11-17-15)12-19-10-4-9-18-16(13-19)7-2-3-8-16/h5-6,11,18H,2-4,7-10,12-13H2,1H3. The number of ether oxygens (including phenoxy) is 1. The van der Waals surface area contributed by atoms with Crippen LogP contribution in [0.4, 0.5) is 0 Å². The molecule has 4 nitrogen and oxygen atoms in total. The largest absolute Gasteiger partial charge is 0.481 e. The smallest absolute Gasteiger partial charge is 0.212 e. The van der Waals surface area contributed by atoms with Crippen molar-refractivity contribution in [3.63, 3.8) is 0 Å². The second-order valence-electron chi connectivity index (χ2n) is 6.19. The second-order valence-corrected chi connectivity index (χ2v) is 6.19. The maximum absolute atomic E-state index is 5.12. The third-order valence-corrected chi connectivity index (χ3v) is 4.65. The van der Waals surface area contributed by atoms with Gasteiger partial charge < -0.3 is 10.1 Å². The molecule has 0 aromatic carbocycles. The summed E-state index contributed by atoms with van der Waals surface area (Å²) >= 11 is 0. The van der Waals surface area contributed by atoms with Gasteiger partial charge in [0.05, 0.1) is 7.11 Å². The van der Waals surface area contributed by atoms with Crippen LogP contribution < -0.4 is 10.1 Å². The lowest BCUT2D eigenvalue weighted by Crippen LogP contribution is -2.49. The lowest BCUT2D eigenvalue weighted by molar-refractivity contribution is 0.203. The Morgan fingerprint density at radius 3 is 2.85 bits per heavy atom. The Kier molecular flexibility index (Phi) is 4.22. The predicted molar refractivity (Wildman–Crippen MR) is 79.9 cm³/mol. The molecule has 1 spiro atoms. The van der Waals surface area contributed by atoms with Gasteiger partial charge in [-0.3, -0.25) is 4.90 Å². The number of aromatic nitrogens is 1. The van der Waals surface area contributed by atoms with Gasteiger partial charge in [0.15, 0.2) is 0 Å². The minimum absolute atomic E-state index is 0.385. The maximum Gasteiger partial charge on any atom is 0.212 e. The molecule has 0 radical (unpaired) electrons. The molecule has 2 aliphatic rings. The molecular formula is C16H25N3O. The van der Waals surface area contributed by atoms with Crippen LogP contribution in [0.2, 0.25) is 0 Å². The Morgan fingerprint density at radius 2 is 2.15 bits per heavy atom. The van der Waals surface area contributed by atoms with Crippen molar-refractivity contribution < 1.29 is 4.74 Å². The van der Waals surface area contributed by atoms with Crippen LogP contribution in [0.3, 0.4) is 0 Å². The van der Waals surface area contributed by atoms with Gasteiger partial charge in [0.1, 0.15) is 0 Å². The second kappa shape index (κ2) is 6.10. The van der Waals surface area contributed by atoms with Gasteiger partial charge in [0, 0.05) is 30.9 Å². The minimum Gasteiger partial charge on any atom is -0.481 e. The Balaban J connectivity index is 1.65. The van der Waals surface area contributed by atoms with E-state index in [0.29, 0.717) is 11.4 Å². The number of nitrogens with zero attached hydrogens (tertiary/aromatic N) is 2. The highest BCUT2D eigenvalue weighted by Gasteiger charge is 2.36. The molecular weight excluding hydrogens is 250 g/mol. The van der Waals surface area contributed by atoms with Crippen molar-refractivity contribution in [2.75, 3.05) is 26.7 Å². The minimum atomic E-state index is 0.385. The third-order valence-electron chi connectivity index (χ3n) is 4.65. The topological polar surface area (TPSA) is 37.4 Å². The Labute approximate surface area is 121 Å². The van der Waals surface area contributed by atoms with Crippen LogP contribution in [0.25, 0.3) is 0 Å². The number of hydrogen-bond donors (Lipinski definition) is 1. The van der Waals surface area contributed by atoms with Gasteiger partial charge in [-0.25, -0.2) is 4.98 Å². The quantitative estimate of drug-likeness (QED) is 0.917. The summed E-state index contributed by atoms with van der Waals surface area (Å²) in [6.45, 7) is 4.53. The molecule has 2 heterocycles. The molecule has 1 saturated heterocycles. The monoisotopic (exact) mass is 275 g/mol. The SMILES string of the molecule is COc1ccc(CN2CCCNC3(CCCC3)C2)cn1. The first-order valence-corrected chi connectivity index (χ1v) is 7.76. The van der Waals surface area contributed by atoms with Crippen LogP contribution in [0.1, 0.15) is 37.7 Å². The molecule has 1 aromatic rings. The molecule has 1 saturated carbocycles. The summed E-state index contributed by atoms with van der Waals surface area (Å²) in [5.41, 5.74) is 1.66. The number of methoxy groups -OCH3 is 1. The normalized spacial score (nSPS) is 22.9. The van der Waals surface area contributed by atoms with Gasteiger partial charge in [-0.2, -0.15) is 0 Å². The van der Waals surface area contributed by atoms with Crippen LogP contribution in [-0.2, 0) is 6.54 Å². The van der Waals surface area contributed by atoms with E-state index in [1.54, 1.807) is 7.11 Å². The van der Waals surface area contributed by atoms with Crippen molar-refractivity contribution in [1.82, 2.24) is 15.2 Å². The number of rotatable bonds is 3. The van der Waals surface area contributed by atoms with Crippen LogP contribution in [0.15, 0.2) is 18.3 Å². The zero-order valence-corrected chi connectivity index (χ0v) is 12.4. The van der Waals surface area contributed by atoms with Gasteiger partial charge in [-0.15, -0.1) is 0 Å². The molecule has 1 aliphatic heterocycles. The fourth-order valence-electron chi connectivity index (χ4n) is 3.62. The number of nitrogens with one attached hydrogen (secondary N) is 1. The first-order chi connectivity index (χ1) is 9.80. The summed E-state index contributed by atoms with van der Waals surface area (Å²) in [5.74, 6) is 0.693. The third kappa shape index (κ3) is 3.13. The van der Waals surface area contributed by atoms with E-state index < -0.39 is 0 Å². The van der Waals surface area contributed by atoms with E-state index >= 15 is 0 Å². The fraction of sp³-hybridized carbons (Fsp3) is 0.688. The van der Waals surface area contributed by atoms with E-state index in [1.807, 2.05) is 12.3 Å². The van der Waals surface area contributed by atoms with E-state index in [9.17, 15) is 0 Å². The number of pyridine rings is 1. The van der Waals surface area contributed by atoms with Crippen LogP contribution in [0.5, 0.6) is 5.88 Å². The molecule has 0 unspecified atom stereocenters. The first-order valence-electron chi connectivity index (χ1n) is 7.76. The van der Waals surface area contributed by atoms with Crippen molar-refractivity contribution >= 4 is 0 Å². The van der Waals surface area contributed by atoms with Crippen LogP contribution >= 0.6 is 0 Å². The molecule has 0 amide bonds. The van der Waals surface area contributed by atoms with Gasteiger partial charge >= 0.3 is 0 Å². The summed E-state index contributed by atoms with van der Waals surface area (Å²) in [6, 6.07) is 4.09. The summed E-state index contributed by atoms with van der Waals surface area (Å²) in [6.07, 6.45) is 8.62. The Hall–Kier alpha value is -1.13. The van der Waals surface area contributed by atoms with Crippen LogP contribution in [0, 0.1) is 0 Å². The molecule has 0 atom stereocenters. The summed E-state index contributed by atoms with van der Waals surface area (Å²) < 4.78 is 5.12. The molecule has 2 fully saturated rings. The zero-order valence-electron chi connectivity index (χ0n) is 12.4. The van der Waals surface area contributed by atoms with Crippen molar-refractivity contribution in [2.24, 2.45) is 0 Å². The van der Waals surface area contributed by atoms with Gasteiger partial charge in [-0.05, 0) is 37.9 Å². The van der Waals surface area contributed by atoms with E-state index in [4.69, 9.17) is 4.74 Å². The molecule has 4 heteroatoms. The average molecular weight is 275 g/mol. The highest BCUT2D eigenvalue weighted by molar-refractivity contribution is 5.17. The van der Waals surface area contributed by atoms with Crippen molar-refractivity contribution in [2.45, 2.75) is 44.2 Å². The number of hydrogen-bond acceptors (Lipinski definition) is 4. The maximum atomic E-state index is 5.12. The summed E-state index contributed by atoms with van der Waals surface area (Å²) in [4.78, 5) is 6.90. The molecule has 1 N–H and O–H groups in total. The summed E-state index contributed by atoms with van der Waals surface area (Å²) in [7, 11) is 1.66. The van der Waals surface area contributed by atoms with Crippen molar-refractivity contribution in [1.29, 1.82) is 0 Å². The van der Waals surface area contributed by atoms with Gasteiger partial charge in [-0.1, -0.05) is 18.9 Å². The average Bonchev–Trinajstić information content (AvgIpc) is 2.83.